The van der Waals surface area contributed by atoms with Gasteiger partial charge in [0, 0.05) is 24.2 Å². The first-order valence-corrected chi connectivity index (χ1v) is 6.95. The van der Waals surface area contributed by atoms with E-state index in [0.717, 1.165) is 5.56 Å². The van der Waals surface area contributed by atoms with Gasteiger partial charge in [-0.05, 0) is 24.6 Å². The Morgan fingerprint density at radius 2 is 2.00 bits per heavy atom. The quantitative estimate of drug-likeness (QED) is 0.862. The van der Waals surface area contributed by atoms with E-state index >= 15 is 0 Å². The summed E-state index contributed by atoms with van der Waals surface area (Å²) in [6.45, 7) is 2.86. The number of halogens is 2. The third kappa shape index (κ3) is 4.07. The summed E-state index contributed by atoms with van der Waals surface area (Å²) in [4.78, 5) is 10.3. The van der Waals surface area contributed by atoms with Gasteiger partial charge >= 0.3 is 0 Å². The van der Waals surface area contributed by atoms with Gasteiger partial charge in [0.1, 0.15) is 16.8 Å². The van der Waals surface area contributed by atoms with E-state index in [-0.39, 0.29) is 6.61 Å². The zero-order valence-electron chi connectivity index (χ0n) is 11.1. The lowest BCUT2D eigenvalue weighted by molar-refractivity contribution is 0.301. The monoisotopic (exact) mass is 311 g/mol. The number of hydrogen-bond donors (Lipinski definition) is 1. The normalized spacial score (nSPS) is 10.6. The Hall–Kier alpha value is -1.36. The molecule has 0 bridgehead atoms. The summed E-state index contributed by atoms with van der Waals surface area (Å²) >= 11 is 11.9. The Labute approximate surface area is 128 Å². The molecule has 0 spiro atoms. The van der Waals surface area contributed by atoms with Gasteiger partial charge in [-0.3, -0.25) is 0 Å². The average Bonchev–Trinajstić information content (AvgIpc) is 2.37. The molecule has 0 unspecified atom stereocenters. The van der Waals surface area contributed by atoms with Gasteiger partial charge < -0.3 is 10.0 Å². The van der Waals surface area contributed by atoms with Crippen LogP contribution in [0.2, 0.25) is 10.2 Å². The molecule has 0 amide bonds. The molecule has 2 aromatic rings. The molecule has 0 saturated heterocycles. The lowest BCUT2D eigenvalue weighted by Gasteiger charge is -2.23. The highest BCUT2D eigenvalue weighted by Gasteiger charge is 2.11. The van der Waals surface area contributed by atoms with Gasteiger partial charge in [-0.25, -0.2) is 9.97 Å². The number of hydrogen-bond acceptors (Lipinski definition) is 4. The fourth-order valence-corrected chi connectivity index (χ4v) is 2.36. The van der Waals surface area contributed by atoms with Crippen LogP contribution in [0.3, 0.4) is 0 Å². The van der Waals surface area contributed by atoms with Crippen molar-refractivity contribution in [1.29, 1.82) is 0 Å². The number of aryl methyl sites for hydroxylation is 1. The van der Waals surface area contributed by atoms with Crippen molar-refractivity contribution in [2.75, 3.05) is 18.1 Å². The lowest BCUT2D eigenvalue weighted by atomic mass is 10.2. The zero-order chi connectivity index (χ0) is 14.5. The number of aliphatic hydroxyl groups is 1. The van der Waals surface area contributed by atoms with Crippen LogP contribution in [0.5, 0.6) is 0 Å². The van der Waals surface area contributed by atoms with Gasteiger partial charge in [0.15, 0.2) is 0 Å². The molecule has 1 heterocycles. The van der Waals surface area contributed by atoms with Crippen molar-refractivity contribution < 1.29 is 5.11 Å². The predicted octanol–water partition coefficient (Wildman–Crippen LogP) is 3.09. The van der Waals surface area contributed by atoms with E-state index < -0.39 is 0 Å². The highest BCUT2D eigenvalue weighted by atomic mass is 35.5. The number of anilines is 1. The number of benzene rings is 1. The van der Waals surface area contributed by atoms with Crippen LogP contribution in [0.1, 0.15) is 11.4 Å². The van der Waals surface area contributed by atoms with Gasteiger partial charge in [-0.2, -0.15) is 0 Å². The van der Waals surface area contributed by atoms with E-state index in [1.165, 1.54) is 0 Å². The van der Waals surface area contributed by atoms with Gasteiger partial charge in [0.25, 0.3) is 0 Å². The van der Waals surface area contributed by atoms with Gasteiger partial charge in [-0.15, -0.1) is 0 Å². The molecule has 0 aliphatic carbocycles. The third-order valence-electron chi connectivity index (χ3n) is 2.75. The van der Waals surface area contributed by atoms with Crippen LogP contribution in [0.15, 0.2) is 30.3 Å². The largest absolute Gasteiger partial charge is 0.395 e. The second-order valence-electron chi connectivity index (χ2n) is 4.37. The smallest absolute Gasteiger partial charge is 0.134 e. The summed E-state index contributed by atoms with van der Waals surface area (Å²) in [6, 6.07) is 9.28. The molecule has 1 aromatic carbocycles. The molecule has 106 valence electrons. The van der Waals surface area contributed by atoms with E-state index in [0.29, 0.717) is 34.9 Å². The minimum atomic E-state index is 0.0290. The fourth-order valence-electron chi connectivity index (χ4n) is 1.93. The first-order valence-electron chi connectivity index (χ1n) is 6.20. The van der Waals surface area contributed by atoms with Crippen LogP contribution < -0.4 is 4.90 Å². The van der Waals surface area contributed by atoms with Gasteiger partial charge in [-0.1, -0.05) is 35.3 Å². The maximum Gasteiger partial charge on any atom is 0.134 e. The van der Waals surface area contributed by atoms with Crippen molar-refractivity contribution in [2.45, 2.75) is 13.5 Å². The Morgan fingerprint density at radius 3 is 2.65 bits per heavy atom. The van der Waals surface area contributed by atoms with Crippen molar-refractivity contribution >= 4 is 29.0 Å². The van der Waals surface area contributed by atoms with E-state index in [4.69, 9.17) is 23.2 Å². The highest BCUT2D eigenvalue weighted by Crippen LogP contribution is 2.19. The SMILES string of the molecule is Cc1nc(Cl)cc(N(CCO)Cc2cccc(Cl)c2)n1. The molecule has 0 radical (unpaired) electrons. The fraction of sp³-hybridized carbons (Fsp3) is 0.286. The number of aliphatic hydroxyl groups excluding tert-OH is 1. The van der Waals surface area contributed by atoms with E-state index in [2.05, 4.69) is 9.97 Å². The molecule has 0 saturated carbocycles. The van der Waals surface area contributed by atoms with Crippen molar-refractivity contribution in [2.24, 2.45) is 0 Å². The van der Waals surface area contributed by atoms with Crippen molar-refractivity contribution in [3.63, 3.8) is 0 Å². The maximum absolute atomic E-state index is 9.23. The summed E-state index contributed by atoms with van der Waals surface area (Å²) in [6.07, 6.45) is 0. The minimum absolute atomic E-state index is 0.0290. The average molecular weight is 312 g/mol. The number of nitrogens with zero attached hydrogens (tertiary/aromatic N) is 3. The first-order chi connectivity index (χ1) is 9.58. The molecule has 0 aliphatic heterocycles. The van der Waals surface area contributed by atoms with Crippen molar-refractivity contribution in [3.8, 4) is 0 Å². The molecular formula is C14H15Cl2N3O. The maximum atomic E-state index is 9.23. The zero-order valence-corrected chi connectivity index (χ0v) is 12.6. The Kier molecular flexibility index (Phi) is 5.17. The second kappa shape index (κ2) is 6.88. The molecule has 2 rings (SSSR count). The summed E-state index contributed by atoms with van der Waals surface area (Å²) < 4.78 is 0. The van der Waals surface area contributed by atoms with E-state index in [9.17, 15) is 5.11 Å². The molecule has 20 heavy (non-hydrogen) atoms. The summed E-state index contributed by atoms with van der Waals surface area (Å²) in [5.74, 6) is 1.29. The molecule has 1 aromatic heterocycles. The van der Waals surface area contributed by atoms with Crippen molar-refractivity contribution in [3.05, 3.63) is 51.9 Å². The van der Waals surface area contributed by atoms with Gasteiger partial charge in [0.05, 0.1) is 6.61 Å². The van der Waals surface area contributed by atoms with Crippen LogP contribution >= 0.6 is 23.2 Å². The van der Waals surface area contributed by atoms with Crippen LogP contribution in [0.25, 0.3) is 0 Å². The van der Waals surface area contributed by atoms with E-state index in [1.54, 1.807) is 13.0 Å². The van der Waals surface area contributed by atoms with E-state index in [1.807, 2.05) is 29.2 Å². The van der Waals surface area contributed by atoms with Crippen molar-refractivity contribution in [1.82, 2.24) is 9.97 Å². The third-order valence-corrected chi connectivity index (χ3v) is 3.18. The molecule has 0 atom stereocenters. The van der Waals surface area contributed by atoms with Crippen LogP contribution in [-0.4, -0.2) is 28.2 Å². The second-order valence-corrected chi connectivity index (χ2v) is 5.19. The molecule has 0 aliphatic rings. The molecule has 4 nitrogen and oxygen atoms in total. The Morgan fingerprint density at radius 1 is 1.20 bits per heavy atom. The summed E-state index contributed by atoms with van der Waals surface area (Å²) in [5, 5.41) is 10.3. The Balaban J connectivity index is 2.26. The molecule has 1 N–H and O–H groups in total. The molecule has 6 heteroatoms. The lowest BCUT2D eigenvalue weighted by Crippen LogP contribution is -2.27. The van der Waals surface area contributed by atoms with Crippen LogP contribution in [0.4, 0.5) is 5.82 Å². The van der Waals surface area contributed by atoms with Crippen LogP contribution in [0, 0.1) is 6.92 Å². The topological polar surface area (TPSA) is 49.2 Å². The summed E-state index contributed by atoms with van der Waals surface area (Å²) in [7, 11) is 0. The number of aromatic nitrogens is 2. The standard InChI is InChI=1S/C14H15Cl2N3O/c1-10-17-13(16)8-14(18-10)19(5-6-20)9-11-3-2-4-12(15)7-11/h2-4,7-8,20H,5-6,9H2,1H3. The molecular weight excluding hydrogens is 297 g/mol. The summed E-state index contributed by atoms with van der Waals surface area (Å²) in [5.41, 5.74) is 1.04. The number of rotatable bonds is 5. The minimum Gasteiger partial charge on any atom is -0.395 e. The Bertz CT molecular complexity index is 572. The first kappa shape index (κ1) is 15.0. The molecule has 0 fully saturated rings. The highest BCUT2D eigenvalue weighted by molar-refractivity contribution is 6.30. The van der Waals surface area contributed by atoms with Gasteiger partial charge in [0.2, 0.25) is 0 Å². The van der Waals surface area contributed by atoms with Crippen LogP contribution in [-0.2, 0) is 6.54 Å². The predicted molar refractivity (Wildman–Crippen MR) is 81.4 cm³/mol.